The number of rotatable bonds is 4. The van der Waals surface area contributed by atoms with Gasteiger partial charge in [0, 0.05) is 29.7 Å². The van der Waals surface area contributed by atoms with E-state index in [0.29, 0.717) is 10.7 Å². The van der Waals surface area contributed by atoms with Crippen LogP contribution in [0.3, 0.4) is 0 Å². The van der Waals surface area contributed by atoms with Crippen LogP contribution < -0.4 is 10.6 Å². The fourth-order valence-electron chi connectivity index (χ4n) is 2.13. The lowest BCUT2D eigenvalue weighted by atomic mass is 10.1. The summed E-state index contributed by atoms with van der Waals surface area (Å²) in [7, 11) is 0. The van der Waals surface area contributed by atoms with Gasteiger partial charge in [0.15, 0.2) is 5.13 Å². The molecule has 5 nitrogen and oxygen atoms in total. The van der Waals surface area contributed by atoms with Crippen LogP contribution >= 0.6 is 11.3 Å². The van der Waals surface area contributed by atoms with Crippen molar-refractivity contribution in [2.24, 2.45) is 0 Å². The van der Waals surface area contributed by atoms with E-state index in [1.165, 1.54) is 11.3 Å². The van der Waals surface area contributed by atoms with Gasteiger partial charge >= 0.3 is 0 Å². The number of nitrogens with zero attached hydrogens (tertiary/aromatic N) is 2. The molecular weight excluding hydrogens is 284 g/mol. The number of pyridine rings is 1. The van der Waals surface area contributed by atoms with E-state index in [9.17, 15) is 4.79 Å². The number of benzene rings is 1. The van der Waals surface area contributed by atoms with Gasteiger partial charge in [0.25, 0.3) is 5.91 Å². The molecule has 0 aliphatic heterocycles. The van der Waals surface area contributed by atoms with Crippen LogP contribution in [-0.2, 0) is 0 Å². The number of hydrogen-bond donors (Lipinski definition) is 2. The van der Waals surface area contributed by atoms with Crippen molar-refractivity contribution in [2.75, 3.05) is 17.2 Å². The molecule has 0 aliphatic rings. The fourth-order valence-corrected chi connectivity index (χ4v) is 2.66. The van der Waals surface area contributed by atoms with Crippen molar-refractivity contribution in [3.8, 4) is 0 Å². The molecule has 3 aromatic rings. The maximum atomic E-state index is 12.4. The Balaban J connectivity index is 2.03. The molecule has 3 rings (SSSR count). The van der Waals surface area contributed by atoms with Gasteiger partial charge in [-0.3, -0.25) is 10.1 Å². The van der Waals surface area contributed by atoms with Gasteiger partial charge < -0.3 is 5.32 Å². The zero-order chi connectivity index (χ0) is 14.7. The summed E-state index contributed by atoms with van der Waals surface area (Å²) in [6.45, 7) is 2.79. The molecule has 0 spiro atoms. The van der Waals surface area contributed by atoms with Crippen LogP contribution in [0.1, 0.15) is 17.3 Å². The number of amides is 1. The first kappa shape index (κ1) is 13.5. The number of hydrogen-bond acceptors (Lipinski definition) is 5. The molecule has 2 aromatic heterocycles. The smallest absolute Gasteiger partial charge is 0.259 e. The topological polar surface area (TPSA) is 66.9 Å². The molecule has 0 saturated heterocycles. The second-order valence-corrected chi connectivity index (χ2v) is 5.28. The van der Waals surface area contributed by atoms with Gasteiger partial charge in [-0.15, -0.1) is 11.3 Å². The molecule has 0 saturated carbocycles. The van der Waals surface area contributed by atoms with E-state index < -0.39 is 0 Å². The molecule has 0 atom stereocenters. The van der Waals surface area contributed by atoms with Crippen LogP contribution in [0, 0.1) is 0 Å². The Kier molecular flexibility index (Phi) is 3.79. The monoisotopic (exact) mass is 298 g/mol. The van der Waals surface area contributed by atoms with Gasteiger partial charge in [0.1, 0.15) is 5.82 Å². The number of fused-ring (bicyclic) bond motifs is 1. The van der Waals surface area contributed by atoms with Crippen molar-refractivity contribution in [3.63, 3.8) is 0 Å². The molecule has 21 heavy (non-hydrogen) atoms. The molecule has 2 heterocycles. The Morgan fingerprint density at radius 1 is 1.24 bits per heavy atom. The molecular formula is C15H14N4OS. The Morgan fingerprint density at radius 2 is 2.05 bits per heavy atom. The van der Waals surface area contributed by atoms with Crippen molar-refractivity contribution < 1.29 is 4.79 Å². The predicted molar refractivity (Wildman–Crippen MR) is 86.0 cm³/mol. The Morgan fingerprint density at radius 3 is 2.76 bits per heavy atom. The van der Waals surface area contributed by atoms with Crippen LogP contribution in [0.15, 0.2) is 42.0 Å². The van der Waals surface area contributed by atoms with Gasteiger partial charge in [0.2, 0.25) is 0 Å². The summed E-state index contributed by atoms with van der Waals surface area (Å²) >= 11 is 1.39. The summed E-state index contributed by atoms with van der Waals surface area (Å²) < 4.78 is 0. The maximum absolute atomic E-state index is 12.4. The third-order valence-electron chi connectivity index (χ3n) is 3.04. The minimum atomic E-state index is -0.198. The fraction of sp³-hybridized carbons (Fsp3) is 0.133. The zero-order valence-corrected chi connectivity index (χ0v) is 12.3. The summed E-state index contributed by atoms with van der Waals surface area (Å²) in [6, 6.07) is 7.74. The standard InChI is InChI=1S/C15H14N4OS/c1-2-16-13-11-6-4-3-5-10(11)12(9-18-13)14(20)19-15-17-7-8-21-15/h3-9H,2H2,1H3,(H,16,18)(H,17,19,20). The Bertz CT molecular complexity index is 770. The minimum absolute atomic E-state index is 0.198. The molecule has 1 amide bonds. The highest BCUT2D eigenvalue weighted by molar-refractivity contribution is 7.13. The third-order valence-corrected chi connectivity index (χ3v) is 3.73. The van der Waals surface area contributed by atoms with Crippen molar-refractivity contribution in [3.05, 3.63) is 47.6 Å². The van der Waals surface area contributed by atoms with Gasteiger partial charge in [0.05, 0.1) is 5.56 Å². The number of anilines is 2. The maximum Gasteiger partial charge on any atom is 0.259 e. The van der Waals surface area contributed by atoms with E-state index in [-0.39, 0.29) is 5.91 Å². The molecule has 0 fully saturated rings. The Labute approximate surface area is 126 Å². The first-order valence-electron chi connectivity index (χ1n) is 6.62. The molecule has 6 heteroatoms. The number of thiazole rings is 1. The molecule has 0 aliphatic carbocycles. The average Bonchev–Trinajstić information content (AvgIpc) is 3.00. The van der Waals surface area contributed by atoms with E-state index in [1.807, 2.05) is 36.6 Å². The molecule has 2 N–H and O–H groups in total. The summed E-state index contributed by atoms with van der Waals surface area (Å²) in [5.41, 5.74) is 0.544. The quantitative estimate of drug-likeness (QED) is 0.775. The molecule has 1 aromatic carbocycles. The summed E-state index contributed by atoms with van der Waals surface area (Å²) in [6.07, 6.45) is 3.26. The van der Waals surface area contributed by atoms with E-state index in [2.05, 4.69) is 20.6 Å². The van der Waals surface area contributed by atoms with E-state index >= 15 is 0 Å². The van der Waals surface area contributed by atoms with Crippen LogP contribution in [0.5, 0.6) is 0 Å². The Hall–Kier alpha value is -2.47. The van der Waals surface area contributed by atoms with Crippen molar-refractivity contribution >= 4 is 39.0 Å². The van der Waals surface area contributed by atoms with Crippen molar-refractivity contribution in [1.82, 2.24) is 9.97 Å². The number of aromatic nitrogens is 2. The van der Waals surface area contributed by atoms with Crippen LogP contribution in [0.4, 0.5) is 10.9 Å². The molecule has 106 valence electrons. The molecule has 0 unspecified atom stereocenters. The lowest BCUT2D eigenvalue weighted by Gasteiger charge is -2.10. The van der Waals surface area contributed by atoms with Gasteiger partial charge in [-0.25, -0.2) is 9.97 Å². The van der Waals surface area contributed by atoms with E-state index in [0.717, 1.165) is 23.1 Å². The van der Waals surface area contributed by atoms with Crippen LogP contribution in [-0.4, -0.2) is 22.4 Å². The lowest BCUT2D eigenvalue weighted by molar-refractivity contribution is 0.102. The SMILES string of the molecule is CCNc1ncc(C(=O)Nc2nccs2)c2ccccc12. The highest BCUT2D eigenvalue weighted by atomic mass is 32.1. The lowest BCUT2D eigenvalue weighted by Crippen LogP contribution is -2.13. The van der Waals surface area contributed by atoms with Crippen molar-refractivity contribution in [2.45, 2.75) is 6.92 Å². The largest absolute Gasteiger partial charge is 0.370 e. The normalized spacial score (nSPS) is 10.5. The molecule has 0 radical (unpaired) electrons. The average molecular weight is 298 g/mol. The predicted octanol–water partition coefficient (Wildman–Crippen LogP) is 3.38. The summed E-state index contributed by atoms with van der Waals surface area (Å²) in [5, 5.41) is 10.2. The third kappa shape index (κ3) is 2.71. The zero-order valence-electron chi connectivity index (χ0n) is 11.5. The van der Waals surface area contributed by atoms with E-state index in [4.69, 9.17) is 0 Å². The van der Waals surface area contributed by atoms with Crippen LogP contribution in [0.25, 0.3) is 10.8 Å². The number of carbonyl (C=O) groups excluding carboxylic acids is 1. The van der Waals surface area contributed by atoms with E-state index in [1.54, 1.807) is 12.4 Å². The first-order chi connectivity index (χ1) is 10.3. The number of carbonyl (C=O) groups is 1. The minimum Gasteiger partial charge on any atom is -0.370 e. The summed E-state index contributed by atoms with van der Waals surface area (Å²) in [4.78, 5) is 20.8. The van der Waals surface area contributed by atoms with Gasteiger partial charge in [-0.05, 0) is 12.3 Å². The van der Waals surface area contributed by atoms with Crippen molar-refractivity contribution in [1.29, 1.82) is 0 Å². The van der Waals surface area contributed by atoms with Gasteiger partial charge in [-0.2, -0.15) is 0 Å². The second kappa shape index (κ2) is 5.88. The summed E-state index contributed by atoms with van der Waals surface area (Å²) in [5.74, 6) is 0.593. The molecule has 0 bridgehead atoms. The highest BCUT2D eigenvalue weighted by Crippen LogP contribution is 2.25. The highest BCUT2D eigenvalue weighted by Gasteiger charge is 2.14. The van der Waals surface area contributed by atoms with Gasteiger partial charge in [-0.1, -0.05) is 24.3 Å². The van der Waals surface area contributed by atoms with Crippen LogP contribution in [0.2, 0.25) is 0 Å². The number of nitrogens with one attached hydrogen (secondary N) is 2. The second-order valence-electron chi connectivity index (χ2n) is 4.39. The first-order valence-corrected chi connectivity index (χ1v) is 7.50.